The fourth-order valence-electron chi connectivity index (χ4n) is 2.83. The zero-order chi connectivity index (χ0) is 15.2. The highest BCUT2D eigenvalue weighted by atomic mass is 32.1. The van der Waals surface area contributed by atoms with E-state index in [-0.39, 0.29) is 0 Å². The minimum Gasteiger partial charge on any atom is -0.256 e. The molecular weight excluding hydrogens is 304 g/mol. The second-order valence-electron chi connectivity index (χ2n) is 5.24. The third-order valence-corrected chi connectivity index (χ3v) is 4.90. The van der Waals surface area contributed by atoms with Crippen molar-refractivity contribution in [2.24, 2.45) is 0 Å². The minimum atomic E-state index is 0.863. The molecule has 1 aromatic carbocycles. The van der Waals surface area contributed by atoms with Gasteiger partial charge in [0, 0.05) is 29.5 Å². The van der Waals surface area contributed by atoms with Crippen LogP contribution >= 0.6 is 11.3 Å². The van der Waals surface area contributed by atoms with Gasteiger partial charge in [-0.3, -0.25) is 4.98 Å². The lowest BCUT2D eigenvalue weighted by atomic mass is 10.1. The Hall–Kier alpha value is -2.92. The third-order valence-electron chi connectivity index (χ3n) is 3.86. The number of benzene rings is 1. The fourth-order valence-corrected chi connectivity index (χ4v) is 3.77. The highest BCUT2D eigenvalue weighted by Crippen LogP contribution is 2.33. The topological polar surface area (TPSA) is 51.6 Å². The van der Waals surface area contributed by atoms with E-state index in [9.17, 15) is 0 Å². The Morgan fingerprint density at radius 1 is 0.696 bits per heavy atom. The maximum atomic E-state index is 4.85. The van der Waals surface area contributed by atoms with E-state index in [1.54, 1.807) is 23.7 Å². The van der Waals surface area contributed by atoms with Gasteiger partial charge >= 0.3 is 0 Å². The molecular formula is C18H10N4S. The van der Waals surface area contributed by atoms with Crippen molar-refractivity contribution in [1.82, 2.24) is 19.9 Å². The van der Waals surface area contributed by atoms with E-state index in [0.29, 0.717) is 0 Å². The number of para-hydroxylation sites is 1. The second-order valence-corrected chi connectivity index (χ2v) is 6.27. The van der Waals surface area contributed by atoms with Gasteiger partial charge in [-0.15, -0.1) is 11.3 Å². The summed E-state index contributed by atoms with van der Waals surface area (Å²) in [5.41, 5.74) is 4.68. The second kappa shape index (κ2) is 4.79. The van der Waals surface area contributed by atoms with Crippen molar-refractivity contribution < 1.29 is 0 Å². The minimum absolute atomic E-state index is 0.863. The average Bonchev–Trinajstić information content (AvgIpc) is 2.99. The number of aromatic nitrogens is 4. The van der Waals surface area contributed by atoms with Crippen LogP contribution in [0.5, 0.6) is 0 Å². The molecule has 0 aliphatic rings. The molecule has 4 nitrogen and oxygen atoms in total. The van der Waals surface area contributed by atoms with Crippen LogP contribution < -0.4 is 0 Å². The van der Waals surface area contributed by atoms with E-state index in [2.05, 4.69) is 39.2 Å². The van der Waals surface area contributed by atoms with Crippen LogP contribution in [0.1, 0.15) is 0 Å². The maximum absolute atomic E-state index is 4.85. The Kier molecular flexibility index (Phi) is 2.63. The van der Waals surface area contributed by atoms with Crippen LogP contribution in [0.4, 0.5) is 0 Å². The SMILES string of the molecule is c1cnc2c(-c3ccc4sc5nccnc5c4n3)cccc2c1. The third kappa shape index (κ3) is 1.90. The maximum Gasteiger partial charge on any atom is 0.144 e. The first-order valence-electron chi connectivity index (χ1n) is 7.24. The predicted molar refractivity (Wildman–Crippen MR) is 93.5 cm³/mol. The summed E-state index contributed by atoms with van der Waals surface area (Å²) < 4.78 is 1.10. The van der Waals surface area contributed by atoms with E-state index >= 15 is 0 Å². The van der Waals surface area contributed by atoms with Gasteiger partial charge in [-0.05, 0) is 18.2 Å². The number of pyridine rings is 2. The standard InChI is InChI=1S/C18H10N4S/c1-3-11-4-2-8-19-15(11)12(5-1)13-6-7-14-16(22-13)17-18(23-14)21-10-9-20-17/h1-10H. The molecule has 0 amide bonds. The van der Waals surface area contributed by atoms with Crippen molar-refractivity contribution in [1.29, 1.82) is 0 Å². The highest BCUT2D eigenvalue weighted by Gasteiger charge is 2.11. The zero-order valence-electron chi connectivity index (χ0n) is 12.0. The van der Waals surface area contributed by atoms with E-state index in [4.69, 9.17) is 4.98 Å². The van der Waals surface area contributed by atoms with E-state index in [1.165, 1.54) is 0 Å². The van der Waals surface area contributed by atoms with Gasteiger partial charge in [0.1, 0.15) is 15.9 Å². The smallest absolute Gasteiger partial charge is 0.144 e. The van der Waals surface area contributed by atoms with Crippen molar-refractivity contribution in [2.45, 2.75) is 0 Å². The Morgan fingerprint density at radius 3 is 2.57 bits per heavy atom. The first-order chi connectivity index (χ1) is 11.4. The quantitative estimate of drug-likeness (QED) is 0.458. The van der Waals surface area contributed by atoms with Gasteiger partial charge < -0.3 is 0 Å². The van der Waals surface area contributed by atoms with Crippen molar-refractivity contribution >= 4 is 42.8 Å². The predicted octanol–water partition coefficient (Wildman–Crippen LogP) is 4.45. The molecule has 0 spiro atoms. The average molecular weight is 314 g/mol. The number of fused-ring (bicyclic) bond motifs is 4. The summed E-state index contributed by atoms with van der Waals surface area (Å²) in [5, 5.41) is 1.11. The van der Waals surface area contributed by atoms with Crippen LogP contribution in [0.15, 0.2) is 61.1 Å². The Bertz CT molecular complexity index is 1170. The van der Waals surface area contributed by atoms with Crippen LogP contribution in [-0.2, 0) is 0 Å². The van der Waals surface area contributed by atoms with Crippen molar-refractivity contribution in [2.75, 3.05) is 0 Å². The zero-order valence-corrected chi connectivity index (χ0v) is 12.8. The normalized spacial score (nSPS) is 11.5. The molecule has 0 aliphatic heterocycles. The molecule has 0 N–H and O–H groups in total. The van der Waals surface area contributed by atoms with Crippen molar-refractivity contribution in [3.8, 4) is 11.3 Å². The van der Waals surface area contributed by atoms with Gasteiger partial charge in [0.2, 0.25) is 0 Å². The molecule has 0 radical (unpaired) electrons. The summed E-state index contributed by atoms with van der Waals surface area (Å²) in [7, 11) is 0. The molecule has 5 rings (SSSR count). The number of nitrogens with zero attached hydrogens (tertiary/aromatic N) is 4. The lowest BCUT2D eigenvalue weighted by Crippen LogP contribution is -1.88. The van der Waals surface area contributed by atoms with Gasteiger partial charge in [0.25, 0.3) is 0 Å². The number of hydrogen-bond acceptors (Lipinski definition) is 5. The molecule has 0 aliphatic carbocycles. The lowest BCUT2D eigenvalue weighted by Gasteiger charge is -2.05. The first-order valence-corrected chi connectivity index (χ1v) is 8.06. The molecule has 108 valence electrons. The van der Waals surface area contributed by atoms with Crippen molar-refractivity contribution in [3.63, 3.8) is 0 Å². The molecule has 0 saturated carbocycles. The Morgan fingerprint density at radius 2 is 1.57 bits per heavy atom. The molecule has 4 heterocycles. The monoisotopic (exact) mass is 314 g/mol. The molecule has 0 bridgehead atoms. The van der Waals surface area contributed by atoms with Crippen LogP contribution in [0, 0.1) is 0 Å². The molecule has 5 heteroatoms. The molecule has 0 atom stereocenters. The summed E-state index contributed by atoms with van der Waals surface area (Å²) in [5.74, 6) is 0. The summed E-state index contributed by atoms with van der Waals surface area (Å²) in [4.78, 5) is 19.1. The van der Waals surface area contributed by atoms with E-state index in [1.807, 2.05) is 24.4 Å². The van der Waals surface area contributed by atoms with Crippen LogP contribution in [0.3, 0.4) is 0 Å². The molecule has 4 aromatic heterocycles. The fraction of sp³-hybridized carbons (Fsp3) is 0. The van der Waals surface area contributed by atoms with Gasteiger partial charge in [0.15, 0.2) is 0 Å². The number of thiophene rings is 1. The van der Waals surface area contributed by atoms with Gasteiger partial charge in [-0.2, -0.15) is 0 Å². The van der Waals surface area contributed by atoms with E-state index in [0.717, 1.165) is 42.7 Å². The Balaban J connectivity index is 1.84. The summed E-state index contributed by atoms with van der Waals surface area (Å²) in [6, 6.07) is 14.3. The van der Waals surface area contributed by atoms with Gasteiger partial charge in [0.05, 0.1) is 15.9 Å². The summed E-state index contributed by atoms with van der Waals surface area (Å²) in [6.07, 6.45) is 5.24. The number of hydrogen-bond donors (Lipinski definition) is 0. The van der Waals surface area contributed by atoms with Crippen LogP contribution in [0.2, 0.25) is 0 Å². The largest absolute Gasteiger partial charge is 0.256 e. The molecule has 23 heavy (non-hydrogen) atoms. The molecule has 0 fully saturated rings. The molecule has 0 saturated heterocycles. The molecule has 0 unspecified atom stereocenters. The van der Waals surface area contributed by atoms with Crippen LogP contribution in [-0.4, -0.2) is 19.9 Å². The number of rotatable bonds is 1. The Labute approximate surface area is 135 Å². The summed E-state index contributed by atoms with van der Waals surface area (Å²) >= 11 is 1.62. The molecule has 5 aromatic rings. The van der Waals surface area contributed by atoms with Crippen LogP contribution in [0.25, 0.3) is 42.7 Å². The highest BCUT2D eigenvalue weighted by molar-refractivity contribution is 7.25. The van der Waals surface area contributed by atoms with Crippen molar-refractivity contribution in [3.05, 3.63) is 61.1 Å². The van der Waals surface area contributed by atoms with Gasteiger partial charge in [-0.25, -0.2) is 15.0 Å². The lowest BCUT2D eigenvalue weighted by molar-refractivity contribution is 1.31. The van der Waals surface area contributed by atoms with E-state index < -0.39 is 0 Å². The van der Waals surface area contributed by atoms with Gasteiger partial charge in [-0.1, -0.05) is 24.3 Å². The first kappa shape index (κ1) is 12.6. The summed E-state index contributed by atoms with van der Waals surface area (Å²) in [6.45, 7) is 0.